The van der Waals surface area contributed by atoms with Crippen LogP contribution >= 0.6 is 0 Å². The van der Waals surface area contributed by atoms with Crippen molar-refractivity contribution in [3.63, 3.8) is 0 Å². The Morgan fingerprint density at radius 2 is 1.54 bits per heavy atom. The summed E-state index contributed by atoms with van der Waals surface area (Å²) in [5.41, 5.74) is 1.44. The topological polar surface area (TPSA) is 0 Å². The van der Waals surface area contributed by atoms with E-state index in [0.29, 0.717) is 6.71 Å². The van der Waals surface area contributed by atoms with Crippen molar-refractivity contribution in [3.8, 4) is 0 Å². The number of benzene rings is 2. The average molecular weight is 168 g/mol. The van der Waals surface area contributed by atoms with Gasteiger partial charge in [0.25, 0.3) is 0 Å². The van der Waals surface area contributed by atoms with Crippen molar-refractivity contribution in [1.82, 2.24) is 0 Å². The molecule has 2 aromatic rings. The fourth-order valence-electron chi connectivity index (χ4n) is 1.75. The Balaban J connectivity index is 2.76. The van der Waals surface area contributed by atoms with Crippen molar-refractivity contribution < 1.29 is 0 Å². The van der Waals surface area contributed by atoms with Crippen LogP contribution in [0.5, 0.6) is 0 Å². The van der Waals surface area contributed by atoms with E-state index in [9.17, 15) is 0 Å². The highest BCUT2D eigenvalue weighted by molar-refractivity contribution is 6.73. The molecule has 0 spiro atoms. The zero-order valence-corrected chi connectivity index (χ0v) is 8.12. The first-order valence-electron chi connectivity index (χ1n) is 4.76. The lowest BCUT2D eigenvalue weighted by Crippen LogP contribution is -2.22. The minimum Gasteiger partial charge on any atom is -0.0819 e. The first kappa shape index (κ1) is 8.37. The molecule has 1 heteroatoms. The van der Waals surface area contributed by atoms with Crippen LogP contribution in [0.2, 0.25) is 13.6 Å². The first-order valence-corrected chi connectivity index (χ1v) is 4.76. The summed E-state index contributed by atoms with van der Waals surface area (Å²) in [6.45, 7) is 5.08. The van der Waals surface area contributed by atoms with E-state index in [2.05, 4.69) is 56.1 Å². The fourth-order valence-corrected chi connectivity index (χ4v) is 1.75. The second kappa shape index (κ2) is 3.25. The third kappa shape index (κ3) is 1.46. The smallest absolute Gasteiger partial charge is 0.0819 e. The summed E-state index contributed by atoms with van der Waals surface area (Å²) in [5, 5.41) is 2.73. The van der Waals surface area contributed by atoms with Gasteiger partial charge in [0.05, 0.1) is 0 Å². The van der Waals surface area contributed by atoms with Crippen LogP contribution in [0.4, 0.5) is 0 Å². The second-order valence-electron chi connectivity index (χ2n) is 3.72. The summed E-state index contributed by atoms with van der Waals surface area (Å²) in [7, 11) is 0. The van der Waals surface area contributed by atoms with Crippen LogP contribution in [0.3, 0.4) is 0 Å². The summed E-state index contributed by atoms with van der Waals surface area (Å²) in [6.07, 6.45) is 0. The molecule has 0 aliphatic heterocycles. The number of fused-ring (bicyclic) bond motifs is 1. The lowest BCUT2D eigenvalue weighted by molar-refractivity contribution is 1.76. The van der Waals surface area contributed by atoms with Crippen LogP contribution in [-0.4, -0.2) is 6.71 Å². The average Bonchev–Trinajstić information content (AvgIpc) is 2.17. The summed E-state index contributed by atoms with van der Waals surface area (Å²) in [6, 6.07) is 15.1. The Labute approximate surface area is 79.7 Å². The van der Waals surface area contributed by atoms with Gasteiger partial charge in [-0.05, 0) is 10.8 Å². The predicted molar refractivity (Wildman–Crippen MR) is 61.1 cm³/mol. The Hall–Kier alpha value is -1.24. The summed E-state index contributed by atoms with van der Waals surface area (Å²) in [4.78, 5) is 0. The molecule has 0 heterocycles. The van der Waals surface area contributed by atoms with Crippen LogP contribution in [0, 0.1) is 0 Å². The third-order valence-corrected chi connectivity index (χ3v) is 2.45. The SMILES string of the molecule is CB(C)c1cccc2ccccc12. The molecule has 0 aromatic heterocycles. The largest absolute Gasteiger partial charge is 0.170 e. The Kier molecular flexibility index (Phi) is 2.09. The van der Waals surface area contributed by atoms with Gasteiger partial charge in [0.2, 0.25) is 0 Å². The molecule has 13 heavy (non-hydrogen) atoms. The summed E-state index contributed by atoms with van der Waals surface area (Å²) >= 11 is 0. The molecule has 0 radical (unpaired) electrons. The Bertz CT molecular complexity index is 413. The molecule has 0 bridgehead atoms. The van der Waals surface area contributed by atoms with Crippen LogP contribution in [0.1, 0.15) is 0 Å². The van der Waals surface area contributed by atoms with E-state index >= 15 is 0 Å². The quantitative estimate of drug-likeness (QED) is 0.574. The lowest BCUT2D eigenvalue weighted by atomic mass is 9.48. The summed E-state index contributed by atoms with van der Waals surface area (Å²) < 4.78 is 0. The predicted octanol–water partition coefficient (Wildman–Crippen LogP) is 2.80. The van der Waals surface area contributed by atoms with Crippen LogP contribution in [0.15, 0.2) is 42.5 Å². The fraction of sp³-hybridized carbons (Fsp3) is 0.167. The molecule has 0 N–H and O–H groups in total. The van der Waals surface area contributed by atoms with E-state index in [4.69, 9.17) is 0 Å². The van der Waals surface area contributed by atoms with Crippen LogP contribution in [0.25, 0.3) is 10.8 Å². The molecule has 0 aliphatic carbocycles. The van der Waals surface area contributed by atoms with Gasteiger partial charge in [-0.15, -0.1) is 0 Å². The number of rotatable bonds is 1. The van der Waals surface area contributed by atoms with Crippen molar-refractivity contribution in [2.24, 2.45) is 0 Å². The maximum absolute atomic E-state index is 2.24. The molecule has 0 amide bonds. The van der Waals surface area contributed by atoms with Gasteiger partial charge in [-0.3, -0.25) is 0 Å². The Morgan fingerprint density at radius 3 is 2.31 bits per heavy atom. The zero-order valence-electron chi connectivity index (χ0n) is 8.12. The van der Waals surface area contributed by atoms with Gasteiger partial charge in [-0.1, -0.05) is 61.6 Å². The standard InChI is InChI=1S/C12H13B/c1-13(2)12-9-5-7-10-6-3-4-8-11(10)12/h3-9H,1-2H3. The maximum atomic E-state index is 2.24. The van der Waals surface area contributed by atoms with Gasteiger partial charge >= 0.3 is 0 Å². The molecular formula is C12H13B. The number of hydrogen-bond acceptors (Lipinski definition) is 0. The van der Waals surface area contributed by atoms with Gasteiger partial charge in [0, 0.05) is 0 Å². The van der Waals surface area contributed by atoms with Crippen molar-refractivity contribution in [3.05, 3.63) is 42.5 Å². The minimum absolute atomic E-state index is 0.603. The molecule has 0 atom stereocenters. The van der Waals surface area contributed by atoms with Crippen LogP contribution < -0.4 is 5.46 Å². The molecule has 2 rings (SSSR count). The summed E-state index contributed by atoms with van der Waals surface area (Å²) in [5.74, 6) is 0. The molecule has 0 saturated carbocycles. The van der Waals surface area contributed by atoms with E-state index in [1.54, 1.807) is 0 Å². The lowest BCUT2D eigenvalue weighted by Gasteiger charge is -2.06. The van der Waals surface area contributed by atoms with Crippen molar-refractivity contribution in [2.75, 3.05) is 0 Å². The molecule has 0 saturated heterocycles. The minimum atomic E-state index is 0.603. The van der Waals surface area contributed by atoms with Gasteiger partial charge < -0.3 is 0 Å². The first-order chi connectivity index (χ1) is 6.29. The Morgan fingerprint density at radius 1 is 0.846 bits per heavy atom. The monoisotopic (exact) mass is 168 g/mol. The van der Waals surface area contributed by atoms with Crippen LogP contribution in [-0.2, 0) is 0 Å². The highest BCUT2D eigenvalue weighted by Crippen LogP contribution is 2.11. The molecule has 0 unspecified atom stereocenters. The van der Waals surface area contributed by atoms with Crippen molar-refractivity contribution >= 4 is 22.9 Å². The van der Waals surface area contributed by atoms with E-state index < -0.39 is 0 Å². The molecule has 64 valence electrons. The molecule has 0 fully saturated rings. The highest BCUT2D eigenvalue weighted by Gasteiger charge is 2.05. The third-order valence-electron chi connectivity index (χ3n) is 2.45. The van der Waals surface area contributed by atoms with Gasteiger partial charge in [-0.2, -0.15) is 0 Å². The molecule has 2 aromatic carbocycles. The van der Waals surface area contributed by atoms with E-state index in [-0.39, 0.29) is 0 Å². The normalized spacial score (nSPS) is 10.3. The van der Waals surface area contributed by atoms with E-state index in [0.717, 1.165) is 0 Å². The van der Waals surface area contributed by atoms with E-state index in [1.807, 2.05) is 0 Å². The molecular weight excluding hydrogens is 155 g/mol. The molecule has 0 nitrogen and oxygen atoms in total. The van der Waals surface area contributed by atoms with Gasteiger partial charge in [0.1, 0.15) is 0 Å². The number of hydrogen-bond donors (Lipinski definition) is 0. The van der Waals surface area contributed by atoms with E-state index in [1.165, 1.54) is 16.2 Å². The van der Waals surface area contributed by atoms with Crippen molar-refractivity contribution in [2.45, 2.75) is 13.6 Å². The zero-order chi connectivity index (χ0) is 9.26. The van der Waals surface area contributed by atoms with Gasteiger partial charge in [0.15, 0.2) is 6.71 Å². The van der Waals surface area contributed by atoms with Gasteiger partial charge in [-0.25, -0.2) is 0 Å². The maximum Gasteiger partial charge on any atom is 0.170 e. The second-order valence-corrected chi connectivity index (χ2v) is 3.72. The highest BCUT2D eigenvalue weighted by atomic mass is 14.0. The molecule has 0 aliphatic rings. The van der Waals surface area contributed by atoms with Crippen molar-refractivity contribution in [1.29, 1.82) is 0 Å².